The molecule has 1 N–H and O–H groups in total. The van der Waals surface area contributed by atoms with E-state index in [-0.39, 0.29) is 11.2 Å². The third-order valence-corrected chi connectivity index (χ3v) is 5.32. The quantitative estimate of drug-likeness (QED) is 0.599. The summed E-state index contributed by atoms with van der Waals surface area (Å²) in [6.45, 7) is 8.93. The Morgan fingerprint density at radius 2 is 1.93 bits per heavy atom. The Hall–Kier alpha value is -2.67. The number of pyridine rings is 1. The van der Waals surface area contributed by atoms with Gasteiger partial charge in [0.1, 0.15) is 0 Å². The molecule has 7 heteroatoms. The highest BCUT2D eigenvalue weighted by atomic mass is 32.2. The number of nitrogens with one attached hydrogen (secondary N) is 1. The van der Waals surface area contributed by atoms with Crippen LogP contribution in [0.1, 0.15) is 26.3 Å². The van der Waals surface area contributed by atoms with Gasteiger partial charge in [0.25, 0.3) is 0 Å². The van der Waals surface area contributed by atoms with Crippen molar-refractivity contribution in [3.8, 4) is 11.4 Å². The molecule has 0 spiro atoms. The van der Waals surface area contributed by atoms with E-state index in [1.807, 2.05) is 50.2 Å². The molecule has 2 heterocycles. The molecular formula is C21H25N5OS. The third kappa shape index (κ3) is 4.78. The number of rotatable bonds is 7. The Kier molecular flexibility index (Phi) is 6.46. The lowest BCUT2D eigenvalue weighted by molar-refractivity contribution is -0.115. The van der Waals surface area contributed by atoms with Crippen molar-refractivity contribution in [2.75, 3.05) is 5.32 Å². The molecule has 146 valence electrons. The second-order valence-electron chi connectivity index (χ2n) is 7.12. The normalized spacial score (nSPS) is 12.2. The monoisotopic (exact) mass is 395 g/mol. The van der Waals surface area contributed by atoms with E-state index in [2.05, 4.69) is 38.9 Å². The van der Waals surface area contributed by atoms with Crippen LogP contribution in [0.15, 0.2) is 53.9 Å². The number of thioether (sulfide) groups is 1. The maximum absolute atomic E-state index is 12.7. The van der Waals surface area contributed by atoms with Crippen LogP contribution in [-0.2, 0) is 11.3 Å². The van der Waals surface area contributed by atoms with E-state index < -0.39 is 0 Å². The Morgan fingerprint density at radius 1 is 1.14 bits per heavy atom. The molecule has 28 heavy (non-hydrogen) atoms. The SMILES string of the molecule is Cc1ccccc1NC(=O)C(C)Sc1nnc(-c2cccnc2)n1CC(C)C. The van der Waals surface area contributed by atoms with Gasteiger partial charge in [-0.05, 0) is 43.5 Å². The van der Waals surface area contributed by atoms with Crippen molar-refractivity contribution < 1.29 is 4.79 Å². The fourth-order valence-electron chi connectivity index (χ4n) is 2.77. The standard InChI is InChI=1S/C21H25N5OS/c1-14(2)13-26-19(17-9-7-11-22-12-17)24-25-21(26)28-16(4)20(27)23-18-10-6-5-8-15(18)3/h5-12,14,16H,13H2,1-4H3,(H,23,27). The topological polar surface area (TPSA) is 72.7 Å². The maximum Gasteiger partial charge on any atom is 0.237 e. The van der Waals surface area contributed by atoms with Crippen molar-refractivity contribution in [1.82, 2.24) is 19.7 Å². The highest BCUT2D eigenvalue weighted by molar-refractivity contribution is 8.00. The van der Waals surface area contributed by atoms with Crippen molar-refractivity contribution in [2.24, 2.45) is 5.92 Å². The average molecular weight is 396 g/mol. The van der Waals surface area contributed by atoms with E-state index in [4.69, 9.17) is 0 Å². The van der Waals surface area contributed by atoms with Crippen molar-refractivity contribution in [1.29, 1.82) is 0 Å². The fraction of sp³-hybridized carbons (Fsp3) is 0.333. The summed E-state index contributed by atoms with van der Waals surface area (Å²) in [5.41, 5.74) is 2.79. The van der Waals surface area contributed by atoms with Gasteiger partial charge >= 0.3 is 0 Å². The Morgan fingerprint density at radius 3 is 2.61 bits per heavy atom. The van der Waals surface area contributed by atoms with E-state index in [0.717, 1.165) is 34.3 Å². The van der Waals surface area contributed by atoms with Crippen molar-refractivity contribution in [3.63, 3.8) is 0 Å². The summed E-state index contributed by atoms with van der Waals surface area (Å²) in [6.07, 6.45) is 3.52. The van der Waals surface area contributed by atoms with Crippen LogP contribution in [0, 0.1) is 12.8 Å². The summed E-state index contributed by atoms with van der Waals surface area (Å²) in [7, 11) is 0. The van der Waals surface area contributed by atoms with Gasteiger partial charge in [-0.15, -0.1) is 10.2 Å². The molecule has 1 unspecified atom stereocenters. The van der Waals surface area contributed by atoms with Gasteiger partial charge < -0.3 is 9.88 Å². The molecule has 6 nitrogen and oxygen atoms in total. The number of carbonyl (C=O) groups excluding carboxylic acids is 1. The number of para-hydroxylation sites is 1. The summed E-state index contributed by atoms with van der Waals surface area (Å²) < 4.78 is 2.07. The first-order valence-electron chi connectivity index (χ1n) is 9.32. The van der Waals surface area contributed by atoms with Crippen LogP contribution >= 0.6 is 11.8 Å². The highest BCUT2D eigenvalue weighted by Gasteiger charge is 2.21. The minimum atomic E-state index is -0.309. The Bertz CT molecular complexity index is 939. The molecule has 3 aromatic rings. The van der Waals surface area contributed by atoms with Gasteiger partial charge in [0, 0.05) is 30.2 Å². The number of nitrogens with zero attached hydrogens (tertiary/aromatic N) is 4. The van der Waals surface area contributed by atoms with Gasteiger partial charge in [-0.3, -0.25) is 9.78 Å². The molecular weight excluding hydrogens is 370 g/mol. The highest BCUT2D eigenvalue weighted by Crippen LogP contribution is 2.28. The molecule has 1 amide bonds. The minimum absolute atomic E-state index is 0.0543. The van der Waals surface area contributed by atoms with E-state index in [9.17, 15) is 4.79 Å². The summed E-state index contributed by atoms with van der Waals surface area (Å²) >= 11 is 1.42. The average Bonchev–Trinajstić information content (AvgIpc) is 3.06. The van der Waals surface area contributed by atoms with Crippen LogP contribution in [0.25, 0.3) is 11.4 Å². The first kappa shape index (κ1) is 20.1. The van der Waals surface area contributed by atoms with Gasteiger partial charge in [-0.1, -0.05) is 43.8 Å². The van der Waals surface area contributed by atoms with Gasteiger partial charge in [0.2, 0.25) is 5.91 Å². The molecule has 0 aliphatic carbocycles. The van der Waals surface area contributed by atoms with Gasteiger partial charge in [0.15, 0.2) is 11.0 Å². The molecule has 0 bridgehead atoms. The number of aryl methyl sites for hydroxylation is 1. The number of amides is 1. The first-order valence-corrected chi connectivity index (χ1v) is 10.2. The number of benzene rings is 1. The summed E-state index contributed by atoms with van der Waals surface area (Å²) in [4.78, 5) is 16.9. The lowest BCUT2D eigenvalue weighted by Gasteiger charge is -2.15. The molecule has 0 radical (unpaired) electrons. The van der Waals surface area contributed by atoms with Gasteiger partial charge in [-0.2, -0.15) is 0 Å². The second-order valence-corrected chi connectivity index (χ2v) is 8.42. The number of anilines is 1. The van der Waals surface area contributed by atoms with Gasteiger partial charge in [0.05, 0.1) is 5.25 Å². The first-order chi connectivity index (χ1) is 13.5. The fourth-order valence-corrected chi connectivity index (χ4v) is 3.63. The lowest BCUT2D eigenvalue weighted by Crippen LogP contribution is -2.23. The largest absolute Gasteiger partial charge is 0.325 e. The van der Waals surface area contributed by atoms with Crippen molar-refractivity contribution in [2.45, 2.75) is 44.6 Å². The van der Waals surface area contributed by atoms with Crippen LogP contribution < -0.4 is 5.32 Å². The molecule has 2 aromatic heterocycles. The molecule has 0 aliphatic rings. The molecule has 0 saturated heterocycles. The van der Waals surface area contributed by atoms with E-state index >= 15 is 0 Å². The zero-order valence-corrected chi connectivity index (χ0v) is 17.4. The van der Waals surface area contributed by atoms with Crippen LogP contribution in [0.2, 0.25) is 0 Å². The predicted molar refractivity (Wildman–Crippen MR) is 113 cm³/mol. The lowest BCUT2D eigenvalue weighted by atomic mass is 10.2. The molecule has 1 aromatic carbocycles. The van der Waals surface area contributed by atoms with Crippen LogP contribution in [0.5, 0.6) is 0 Å². The van der Waals surface area contributed by atoms with E-state index in [1.54, 1.807) is 12.4 Å². The second kappa shape index (κ2) is 9.01. The number of hydrogen-bond donors (Lipinski definition) is 1. The van der Waals surface area contributed by atoms with E-state index in [0.29, 0.717) is 5.92 Å². The van der Waals surface area contributed by atoms with Crippen molar-refractivity contribution >= 4 is 23.4 Å². The molecule has 1 atom stereocenters. The zero-order valence-electron chi connectivity index (χ0n) is 16.6. The maximum atomic E-state index is 12.7. The summed E-state index contributed by atoms with van der Waals surface area (Å²) in [5.74, 6) is 1.14. The van der Waals surface area contributed by atoms with E-state index in [1.165, 1.54) is 11.8 Å². The summed E-state index contributed by atoms with van der Waals surface area (Å²) in [5, 5.41) is 12.2. The van der Waals surface area contributed by atoms with Crippen molar-refractivity contribution in [3.05, 3.63) is 54.4 Å². The zero-order chi connectivity index (χ0) is 20.1. The predicted octanol–water partition coefficient (Wildman–Crippen LogP) is 4.42. The minimum Gasteiger partial charge on any atom is -0.325 e. The van der Waals surface area contributed by atoms with Crippen LogP contribution in [0.3, 0.4) is 0 Å². The number of aromatic nitrogens is 4. The summed E-state index contributed by atoms with van der Waals surface area (Å²) in [6, 6.07) is 11.6. The smallest absolute Gasteiger partial charge is 0.237 e. The Labute approximate surface area is 169 Å². The van der Waals surface area contributed by atoms with Crippen LogP contribution in [-0.4, -0.2) is 30.9 Å². The van der Waals surface area contributed by atoms with Gasteiger partial charge in [-0.25, -0.2) is 0 Å². The third-order valence-electron chi connectivity index (χ3n) is 4.24. The molecule has 0 aliphatic heterocycles. The number of hydrogen-bond acceptors (Lipinski definition) is 5. The number of carbonyl (C=O) groups is 1. The molecule has 0 saturated carbocycles. The molecule has 3 rings (SSSR count). The van der Waals surface area contributed by atoms with Crippen LogP contribution in [0.4, 0.5) is 5.69 Å². The Balaban J connectivity index is 1.80. The molecule has 0 fully saturated rings.